The number of aliphatic carboxylic acids is 1. The number of nitrogens with one attached hydrogen (secondary N) is 1. The normalized spacial score (nSPS) is 16.3. The number of imide groups is 1. The van der Waals surface area contributed by atoms with Crippen LogP contribution in [-0.2, 0) is 72.4 Å². The number of carbonyl (C=O) groups is 10. The Kier molecular flexibility index (Phi) is 43.4. The Morgan fingerprint density at radius 3 is 1.02 bits per heavy atom. The van der Waals surface area contributed by atoms with E-state index < -0.39 is 45.5 Å². The van der Waals surface area contributed by atoms with Crippen LogP contribution >= 0.6 is 58.0 Å². The summed E-state index contributed by atoms with van der Waals surface area (Å²) in [6, 6.07) is 53.5. The Labute approximate surface area is 882 Å². The van der Waals surface area contributed by atoms with E-state index in [4.69, 9.17) is 97.2 Å². The average Bonchev–Trinajstić information content (AvgIpc) is 1.62. The van der Waals surface area contributed by atoms with E-state index in [-0.39, 0.29) is 110 Å². The van der Waals surface area contributed by atoms with Gasteiger partial charge in [-0.3, -0.25) is 62.4 Å². The number of hydrogen-bond acceptors (Lipinski definition) is 29. The van der Waals surface area contributed by atoms with Crippen molar-refractivity contribution in [2.75, 3.05) is 167 Å². The number of para-hydroxylation sites is 4. The largest absolute Gasteiger partial charge is 1.00 e. The van der Waals surface area contributed by atoms with Crippen LogP contribution < -0.4 is 38.9 Å². The molecule has 0 aliphatic carbocycles. The molecule has 9 heterocycles. The Morgan fingerprint density at radius 2 is 0.683 bits per heavy atom. The van der Waals surface area contributed by atoms with E-state index >= 15 is 0 Å². The summed E-state index contributed by atoms with van der Waals surface area (Å²) in [7, 11) is 6.36. The van der Waals surface area contributed by atoms with Crippen molar-refractivity contribution < 1.29 is 105 Å². The van der Waals surface area contributed by atoms with Crippen LogP contribution in [0.4, 0.5) is 68.2 Å². The van der Waals surface area contributed by atoms with E-state index in [1.165, 1.54) is 14.2 Å². The molecule has 0 saturated carbocycles. The summed E-state index contributed by atoms with van der Waals surface area (Å²) >= 11 is 30.2. The number of nitrogens with zero attached hydrogens (tertiary/aromatic N) is 16. The topological polar surface area (TPSA) is 403 Å². The second-order valence-corrected chi connectivity index (χ2v) is 39.1. The zero-order valence-corrected chi connectivity index (χ0v) is 86.1. The number of aliphatic imine (C=N–C) groups is 4. The molecular weight excluding hydrogens is 1980 g/mol. The monoisotopic (exact) mass is 2100 g/mol. The maximum Gasteiger partial charge on any atom is 1.00 e. The number of ether oxygens (including phenoxy) is 2. The first kappa shape index (κ1) is 115. The first-order chi connectivity index (χ1) is 68.2. The van der Waals surface area contributed by atoms with Crippen LogP contribution in [0.15, 0.2) is 190 Å². The van der Waals surface area contributed by atoms with Gasteiger partial charge < -0.3 is 69.4 Å². The number of benzene rings is 8. The minimum Gasteiger partial charge on any atom is -0.870 e. The third kappa shape index (κ3) is 30.7. The number of hydrogen-bond donors (Lipinski definition) is 3. The number of carbonyl (C=O) groups excluding carboxylic acids is 9. The van der Waals surface area contributed by atoms with Crippen LogP contribution in [0.1, 0.15) is 139 Å². The van der Waals surface area contributed by atoms with Gasteiger partial charge in [-0.1, -0.05) is 102 Å². The number of esters is 2. The molecule has 5 saturated heterocycles. The molecule has 0 spiro atoms. The summed E-state index contributed by atoms with van der Waals surface area (Å²) < 4.78 is 40.8. The molecule has 9 aliphatic rings. The van der Waals surface area contributed by atoms with Gasteiger partial charge in [-0.05, 0) is 212 Å². The van der Waals surface area contributed by atoms with Crippen molar-refractivity contribution in [2.45, 2.75) is 122 Å². The standard InChI is InChI=1S/C28H30ClN5O8S.C25H29ClN4O3.C24H27ClN4O3.C18H19ClN4.C7H11ClO3.CH4.Li.H2O/c1-31-12-14-32(15-13-31)27-19-6-2-3-7-21(19)33(22-11-10-18(29)16-20(22)30-27)24(35)8-4-5-9-26(37)42-34-25(36)17-23(28(34)38)43(39,40)41;1-28-13-15-29(16-14-28)25-19-7-3-4-8-21(19)30(22-12-11-18(26)17-20(22)27-25)23(31)9-5-6-10-24(32)33-2;1-27-12-14-28(15-13-27)24-18-6-2-3-7-20(18)29(22(30)8-4-5-9-23(31)32)21-11-10-17(25)16-19(21)26-24;1-22-8-10-23(11-9-22)18-14-4-2-3-5-15(14)20-16-7-6-13(19)12-17(16)21-18;1-11-7(10)5-3-2-4-6(8)9;;;/h2-3,6-7,10-11,16,23H,4-5,8-9,12-15,17H2,1H3,(H,39,40,41);3-4,7-8,11-12,17H,5-6,9-10,13-16H2,1-2H3;2-3,6-7,10-11,16H,4-5,8-9,12-15H2,1H3,(H,31,32);2-7,12,20H,8-11H2,1H3;2-5H2,1H3;1H4;;1H2/q;;;;;;+1;/p-1. The van der Waals surface area contributed by atoms with E-state index in [2.05, 4.69) is 95.6 Å². The summed E-state index contributed by atoms with van der Waals surface area (Å²) in [5, 5.41) is 12.4. The van der Waals surface area contributed by atoms with E-state index in [1.807, 2.05) is 115 Å². The molecule has 4 N–H and O–H groups in total. The predicted molar refractivity (Wildman–Crippen MR) is 560 cm³/mol. The number of likely N-dealkylation sites (N-methyl/N-ethyl adjacent to an activating group) is 4. The number of fused-ring (bicyclic) bond motifs is 8. The number of amidine groups is 4. The number of amides is 5. The molecule has 1 atom stereocenters. The van der Waals surface area contributed by atoms with Crippen LogP contribution in [0.5, 0.6) is 0 Å². The molecule has 8 aromatic rings. The van der Waals surface area contributed by atoms with Crippen molar-refractivity contribution in [1.82, 2.24) is 44.3 Å². The number of piperazine rings is 4. The third-order valence-corrected chi connectivity index (χ3v) is 27.3. The molecule has 35 nitrogen and oxygen atoms in total. The van der Waals surface area contributed by atoms with E-state index in [0.717, 1.165) is 179 Å². The van der Waals surface area contributed by atoms with Gasteiger partial charge in [-0.2, -0.15) is 8.42 Å². The zero-order valence-electron chi connectivity index (χ0n) is 81.5. The molecule has 5 fully saturated rings. The minimum absolute atomic E-state index is 0. The number of anilines is 8. The molecule has 8 aromatic carbocycles. The Hall–Kier alpha value is -11.7. The van der Waals surface area contributed by atoms with Gasteiger partial charge >= 0.3 is 42.7 Å². The number of carboxylic acids is 1. The van der Waals surface area contributed by atoms with Gasteiger partial charge in [-0.15, -0.1) is 5.06 Å². The Bertz CT molecular complexity index is 6230. The van der Waals surface area contributed by atoms with Crippen molar-refractivity contribution in [3.8, 4) is 0 Å². The smallest absolute Gasteiger partial charge is 0.870 e. The summed E-state index contributed by atoms with van der Waals surface area (Å²) in [6.07, 6.45) is 4.59. The van der Waals surface area contributed by atoms with Crippen molar-refractivity contribution >= 4 is 218 Å². The van der Waals surface area contributed by atoms with Crippen LogP contribution in [0, 0.1) is 0 Å². The first-order valence-corrected chi connectivity index (χ1v) is 50.6. The van der Waals surface area contributed by atoms with Crippen molar-refractivity contribution in [3.63, 3.8) is 0 Å². The fourth-order valence-electron chi connectivity index (χ4n) is 17.2. The van der Waals surface area contributed by atoms with E-state index in [1.54, 1.807) is 51.1 Å². The average molecular weight is 2100 g/mol. The molecule has 5 amide bonds. The third-order valence-electron chi connectivity index (χ3n) is 25.1. The molecule has 1 unspecified atom stereocenters. The summed E-state index contributed by atoms with van der Waals surface area (Å²) in [6.45, 7) is 14.6. The minimum atomic E-state index is -4.82. The Balaban J connectivity index is 0.000000193. The SMILES string of the molecule is C.CN1CCN(C2=Nc3cc(Cl)ccc3N(C(=O)CCCCC(=O)O)c3ccccc32)CC1.CN1CCN(C2=Nc3cc(Cl)ccc3N(C(=O)CCCCC(=O)ON3C(=O)CC(S(=O)(=O)O)C3=O)c3ccccc32)CC1.CN1CCN(C2=Nc3cc(Cl)ccc3Nc3ccccc32)CC1.COC(=O)CCCCC(=O)Cl.COC(=O)CCCCC(=O)N1c2ccc(Cl)cc2N=C(N2CCN(C)CC2)c2ccccc21.[Li+].[OH-]. The van der Waals surface area contributed by atoms with E-state index in [0.29, 0.717) is 124 Å². The second-order valence-electron chi connectivity index (χ2n) is 35.3. The fraction of sp³-hybridized carbons (Fsp3) is 0.398. The van der Waals surface area contributed by atoms with Crippen molar-refractivity contribution in [1.29, 1.82) is 0 Å². The van der Waals surface area contributed by atoms with E-state index in [9.17, 15) is 56.4 Å². The van der Waals surface area contributed by atoms with Gasteiger partial charge in [0.1, 0.15) is 23.3 Å². The van der Waals surface area contributed by atoms with Crippen LogP contribution in [0.25, 0.3) is 0 Å². The van der Waals surface area contributed by atoms with Crippen molar-refractivity contribution in [2.24, 2.45) is 20.0 Å². The van der Waals surface area contributed by atoms with Crippen LogP contribution in [0.2, 0.25) is 20.1 Å². The fourth-order valence-corrected chi connectivity index (χ4v) is 18.7. The number of methoxy groups -OCH3 is 2. The molecule has 42 heteroatoms. The van der Waals surface area contributed by atoms with Crippen LogP contribution in [-0.4, -0.2) is 302 Å². The molecular formula is C103H121Cl5LiN17O18S. The number of rotatable bonds is 22. The first-order valence-electron chi connectivity index (χ1n) is 47.2. The Morgan fingerprint density at radius 1 is 0.386 bits per heavy atom. The molecule has 0 radical (unpaired) electrons. The van der Waals surface area contributed by atoms with Gasteiger partial charge in [0.05, 0.1) is 83.2 Å². The van der Waals surface area contributed by atoms with Crippen molar-refractivity contribution in [3.05, 3.63) is 212 Å². The molecule has 0 bridgehead atoms. The number of hydroxylamine groups is 2. The summed E-state index contributed by atoms with van der Waals surface area (Å²) in [5.41, 5.74) is 12.9. The summed E-state index contributed by atoms with van der Waals surface area (Å²) in [4.78, 5) is 168. The molecule has 768 valence electrons. The van der Waals surface area contributed by atoms with Gasteiger partial charge in [0, 0.05) is 204 Å². The molecule has 17 rings (SSSR count). The van der Waals surface area contributed by atoms with Gasteiger partial charge in [0.25, 0.3) is 21.9 Å². The van der Waals surface area contributed by atoms with Gasteiger partial charge in [0.2, 0.25) is 23.0 Å². The number of halogens is 5. The molecule has 0 aromatic heterocycles. The number of carboxylic acid groups (broad SMARTS) is 1. The predicted octanol–water partition coefficient (Wildman–Crippen LogP) is 14.0. The van der Waals surface area contributed by atoms with Gasteiger partial charge in [-0.25, -0.2) is 24.8 Å². The maximum absolute atomic E-state index is 13.8. The number of unbranched alkanes of at least 4 members (excludes halogenated alkanes) is 4. The van der Waals surface area contributed by atoms with Gasteiger partial charge in [0.15, 0.2) is 5.25 Å². The quantitative estimate of drug-likeness (QED) is 0.0142. The zero-order chi connectivity index (χ0) is 101. The molecule has 9 aliphatic heterocycles. The molecule has 145 heavy (non-hydrogen) atoms. The summed E-state index contributed by atoms with van der Waals surface area (Å²) in [5.74, 6) is -1.53. The maximum atomic E-state index is 13.8. The second kappa shape index (κ2) is 54.6. The van der Waals surface area contributed by atoms with Crippen LogP contribution in [0.3, 0.4) is 0 Å².